The van der Waals surface area contributed by atoms with Crippen molar-refractivity contribution in [3.05, 3.63) is 87.7 Å². The Kier molecular flexibility index (Phi) is 5.88. The van der Waals surface area contributed by atoms with Crippen molar-refractivity contribution in [2.75, 3.05) is 7.11 Å². The van der Waals surface area contributed by atoms with E-state index >= 15 is 0 Å². The van der Waals surface area contributed by atoms with E-state index in [9.17, 15) is 18.0 Å². The van der Waals surface area contributed by atoms with Crippen molar-refractivity contribution in [3.8, 4) is 28.3 Å². The number of fused-ring (bicyclic) bond motifs is 1. The van der Waals surface area contributed by atoms with Gasteiger partial charge in [-0.2, -0.15) is 22.8 Å². The number of halogens is 4. The van der Waals surface area contributed by atoms with Crippen LogP contribution in [-0.2, 0) is 12.7 Å². The maximum Gasteiger partial charge on any atom is 0.433 e. The van der Waals surface area contributed by atoms with Crippen LogP contribution in [0.2, 0.25) is 5.02 Å². The fraction of sp³-hybridized carbons (Fsp3) is 0.130. The average molecular weight is 514 g/mol. The molecule has 36 heavy (non-hydrogen) atoms. The molecular weight excluding hydrogens is 499 g/mol. The third-order valence-corrected chi connectivity index (χ3v) is 5.57. The van der Waals surface area contributed by atoms with Crippen LogP contribution in [0.25, 0.3) is 28.0 Å². The molecular formula is C23H15ClF3N7O2. The van der Waals surface area contributed by atoms with Crippen LogP contribution in [0.3, 0.4) is 0 Å². The standard InChI is InChI=1S/C23H15ClF3N7O2/c1-36-19-9-7-17(30-31-19)20-16(14-3-5-15(24)6-4-14)11-29-34-21(20)32-33(22(34)35)12-13-2-8-18(28-10-13)23(25,26)27/h2-11H,12H2,1H3. The summed E-state index contributed by atoms with van der Waals surface area (Å²) in [6.45, 7) is -0.114. The number of ether oxygens (including phenoxy) is 1. The van der Waals surface area contributed by atoms with Gasteiger partial charge in [0.05, 0.1) is 31.1 Å². The molecule has 0 radical (unpaired) electrons. The van der Waals surface area contributed by atoms with Crippen LogP contribution < -0.4 is 10.4 Å². The lowest BCUT2D eigenvalue weighted by atomic mass is 10.0. The lowest BCUT2D eigenvalue weighted by Crippen LogP contribution is -2.23. The molecule has 0 amide bonds. The first-order chi connectivity index (χ1) is 17.2. The molecule has 0 aliphatic rings. The highest BCUT2D eigenvalue weighted by atomic mass is 35.5. The second-order valence-electron chi connectivity index (χ2n) is 7.63. The highest BCUT2D eigenvalue weighted by molar-refractivity contribution is 6.30. The van der Waals surface area contributed by atoms with E-state index in [1.54, 1.807) is 36.4 Å². The zero-order chi connectivity index (χ0) is 25.4. The number of methoxy groups -OCH3 is 1. The maximum absolute atomic E-state index is 13.1. The van der Waals surface area contributed by atoms with Gasteiger partial charge in [-0.05, 0) is 35.4 Å². The molecule has 0 unspecified atom stereocenters. The molecule has 0 fully saturated rings. The number of hydrogen-bond acceptors (Lipinski definition) is 7. The van der Waals surface area contributed by atoms with Crippen LogP contribution in [0.5, 0.6) is 5.88 Å². The summed E-state index contributed by atoms with van der Waals surface area (Å²) in [5.41, 5.74) is 1.18. The predicted octanol–water partition coefficient (Wildman–Crippen LogP) is 4.14. The Morgan fingerprint density at radius 2 is 1.78 bits per heavy atom. The topological polar surface area (TPSA) is 100 Å². The van der Waals surface area contributed by atoms with E-state index in [1.165, 1.54) is 19.4 Å². The summed E-state index contributed by atoms with van der Waals surface area (Å²) in [6.07, 6.45) is -2.00. The fourth-order valence-corrected chi connectivity index (χ4v) is 3.71. The van der Waals surface area contributed by atoms with E-state index in [4.69, 9.17) is 16.3 Å². The number of aromatic nitrogens is 7. The molecule has 1 aromatic carbocycles. The predicted molar refractivity (Wildman–Crippen MR) is 124 cm³/mol. The smallest absolute Gasteiger partial charge is 0.433 e. The van der Waals surface area contributed by atoms with Crippen LogP contribution >= 0.6 is 11.6 Å². The van der Waals surface area contributed by atoms with Crippen LogP contribution in [-0.4, -0.2) is 41.7 Å². The first kappa shape index (κ1) is 23.4. The summed E-state index contributed by atoms with van der Waals surface area (Å²) in [4.78, 5) is 16.5. The molecule has 0 atom stereocenters. The van der Waals surface area contributed by atoms with E-state index in [0.29, 0.717) is 33.3 Å². The van der Waals surface area contributed by atoms with Gasteiger partial charge in [-0.1, -0.05) is 29.8 Å². The Hall–Kier alpha value is -4.32. The molecule has 0 aliphatic carbocycles. The van der Waals surface area contributed by atoms with Gasteiger partial charge in [-0.3, -0.25) is 4.98 Å². The molecule has 4 aromatic heterocycles. The quantitative estimate of drug-likeness (QED) is 0.348. The summed E-state index contributed by atoms with van der Waals surface area (Å²) >= 11 is 6.04. The first-order valence-corrected chi connectivity index (χ1v) is 10.8. The van der Waals surface area contributed by atoms with Crippen LogP contribution in [0, 0.1) is 0 Å². The molecule has 5 aromatic rings. The highest BCUT2D eigenvalue weighted by Crippen LogP contribution is 2.33. The minimum absolute atomic E-state index is 0.114. The van der Waals surface area contributed by atoms with E-state index in [1.807, 2.05) is 0 Å². The third kappa shape index (κ3) is 4.38. The molecule has 5 rings (SSSR count). The summed E-state index contributed by atoms with van der Waals surface area (Å²) < 4.78 is 45.8. The molecule has 9 nitrogen and oxygen atoms in total. The van der Waals surface area contributed by atoms with Gasteiger partial charge in [0.25, 0.3) is 0 Å². The monoisotopic (exact) mass is 513 g/mol. The summed E-state index contributed by atoms with van der Waals surface area (Å²) in [7, 11) is 1.46. The van der Waals surface area contributed by atoms with Crippen molar-refractivity contribution < 1.29 is 17.9 Å². The minimum Gasteiger partial charge on any atom is -0.480 e. The molecule has 4 heterocycles. The van der Waals surface area contributed by atoms with Crippen molar-refractivity contribution in [2.45, 2.75) is 12.7 Å². The third-order valence-electron chi connectivity index (χ3n) is 5.32. The van der Waals surface area contributed by atoms with Gasteiger partial charge in [0.15, 0.2) is 5.65 Å². The lowest BCUT2D eigenvalue weighted by Gasteiger charge is -2.10. The fourth-order valence-electron chi connectivity index (χ4n) is 3.58. The SMILES string of the molecule is COc1ccc(-c2c(-c3ccc(Cl)cc3)cnn3c(=O)n(Cc4ccc(C(F)(F)F)nc4)nc23)nn1. The lowest BCUT2D eigenvalue weighted by molar-refractivity contribution is -0.141. The summed E-state index contributed by atoms with van der Waals surface area (Å²) in [5, 5.41) is 17.5. The Bertz CT molecular complexity index is 1600. The molecule has 0 saturated heterocycles. The van der Waals surface area contributed by atoms with Gasteiger partial charge in [-0.15, -0.1) is 15.3 Å². The molecule has 0 N–H and O–H groups in total. The zero-order valence-corrected chi connectivity index (χ0v) is 19.2. The zero-order valence-electron chi connectivity index (χ0n) is 18.4. The van der Waals surface area contributed by atoms with Gasteiger partial charge in [0.2, 0.25) is 5.88 Å². The second-order valence-corrected chi connectivity index (χ2v) is 8.06. The van der Waals surface area contributed by atoms with Crippen molar-refractivity contribution >= 4 is 17.2 Å². The van der Waals surface area contributed by atoms with Crippen molar-refractivity contribution in [3.63, 3.8) is 0 Å². The maximum atomic E-state index is 13.1. The number of nitrogens with zero attached hydrogens (tertiary/aromatic N) is 7. The molecule has 0 saturated carbocycles. The Labute approximate surface area is 205 Å². The second kappa shape index (κ2) is 9.04. The van der Waals surface area contributed by atoms with Gasteiger partial charge >= 0.3 is 11.9 Å². The number of pyridine rings is 1. The van der Waals surface area contributed by atoms with Crippen LogP contribution in [0.4, 0.5) is 13.2 Å². The van der Waals surface area contributed by atoms with E-state index in [0.717, 1.165) is 27.0 Å². The number of rotatable bonds is 5. The van der Waals surface area contributed by atoms with Crippen molar-refractivity contribution in [2.24, 2.45) is 0 Å². The van der Waals surface area contributed by atoms with Gasteiger partial charge in [0, 0.05) is 22.8 Å². The molecule has 0 aliphatic heterocycles. The average Bonchev–Trinajstić information content (AvgIpc) is 3.19. The van der Waals surface area contributed by atoms with E-state index in [-0.39, 0.29) is 12.2 Å². The summed E-state index contributed by atoms with van der Waals surface area (Å²) in [6, 6.07) is 12.4. The molecule has 182 valence electrons. The van der Waals surface area contributed by atoms with Crippen molar-refractivity contribution in [1.29, 1.82) is 0 Å². The number of alkyl halides is 3. The van der Waals surface area contributed by atoms with Gasteiger partial charge in [-0.25, -0.2) is 9.48 Å². The number of hydrogen-bond donors (Lipinski definition) is 0. The molecule has 0 spiro atoms. The minimum atomic E-state index is -4.56. The van der Waals surface area contributed by atoms with E-state index in [2.05, 4.69) is 25.4 Å². The normalized spacial score (nSPS) is 11.7. The molecule has 0 bridgehead atoms. The van der Waals surface area contributed by atoms with Crippen LogP contribution in [0.1, 0.15) is 11.3 Å². The Balaban J connectivity index is 1.65. The van der Waals surface area contributed by atoms with Gasteiger partial charge < -0.3 is 4.74 Å². The Morgan fingerprint density at radius 3 is 2.39 bits per heavy atom. The van der Waals surface area contributed by atoms with Crippen molar-refractivity contribution in [1.82, 2.24) is 34.6 Å². The highest BCUT2D eigenvalue weighted by Gasteiger charge is 2.32. The first-order valence-electron chi connectivity index (χ1n) is 10.4. The number of benzene rings is 1. The Morgan fingerprint density at radius 1 is 1.00 bits per heavy atom. The van der Waals surface area contributed by atoms with E-state index < -0.39 is 17.6 Å². The van der Waals surface area contributed by atoms with Gasteiger partial charge in [0.1, 0.15) is 5.69 Å². The summed E-state index contributed by atoms with van der Waals surface area (Å²) in [5.74, 6) is 0.301. The van der Waals surface area contributed by atoms with Crippen LogP contribution in [0.15, 0.2) is 65.7 Å². The molecule has 13 heteroatoms. The largest absolute Gasteiger partial charge is 0.480 e.